The lowest BCUT2D eigenvalue weighted by molar-refractivity contribution is -0.122. The van der Waals surface area contributed by atoms with Crippen LogP contribution >= 0.6 is 0 Å². The van der Waals surface area contributed by atoms with Crippen molar-refractivity contribution in [3.8, 4) is 0 Å². The number of fused-ring (bicyclic) bond motifs is 1. The highest BCUT2D eigenvalue weighted by Gasteiger charge is 2.19. The minimum atomic E-state index is -0.400. The maximum absolute atomic E-state index is 11.7. The predicted molar refractivity (Wildman–Crippen MR) is 71.3 cm³/mol. The predicted octanol–water partition coefficient (Wildman–Crippen LogP) is 1.82. The van der Waals surface area contributed by atoms with Crippen LogP contribution in [0.2, 0.25) is 0 Å². The number of aryl methyl sites for hydroxylation is 1. The van der Waals surface area contributed by atoms with Crippen molar-refractivity contribution < 1.29 is 9.90 Å². The molecule has 1 aliphatic rings. The minimum absolute atomic E-state index is 0.0558. The molecule has 0 aliphatic heterocycles. The third-order valence-corrected chi connectivity index (χ3v) is 3.50. The molecule has 2 unspecified atom stereocenters. The highest BCUT2D eigenvalue weighted by Crippen LogP contribution is 2.21. The van der Waals surface area contributed by atoms with Crippen LogP contribution in [0.25, 0.3) is 0 Å². The van der Waals surface area contributed by atoms with Gasteiger partial charge in [-0.15, -0.1) is 0 Å². The molecule has 0 radical (unpaired) electrons. The lowest BCUT2D eigenvalue weighted by Crippen LogP contribution is -2.38. The molecule has 0 saturated heterocycles. The van der Waals surface area contributed by atoms with Crippen molar-refractivity contribution in [3.05, 3.63) is 35.4 Å². The molecule has 1 aromatic rings. The van der Waals surface area contributed by atoms with E-state index in [-0.39, 0.29) is 11.9 Å². The fraction of sp³-hybridized carbons (Fsp3) is 0.533. The standard InChI is InChI=1S/C15H21NO2/c1-11(17)6-9-15(18)16-14-8-7-12-4-2-3-5-13(12)10-14/h2-5,11,14,17H,6-10H2,1H3,(H,16,18). The molecule has 2 N–H and O–H groups in total. The first-order valence-corrected chi connectivity index (χ1v) is 6.69. The minimum Gasteiger partial charge on any atom is -0.393 e. The molecule has 0 aromatic heterocycles. The lowest BCUT2D eigenvalue weighted by atomic mass is 9.88. The number of aliphatic hydroxyl groups is 1. The Morgan fingerprint density at radius 1 is 1.44 bits per heavy atom. The van der Waals surface area contributed by atoms with E-state index in [0.717, 1.165) is 19.3 Å². The van der Waals surface area contributed by atoms with Crippen molar-refractivity contribution in [2.24, 2.45) is 0 Å². The number of aliphatic hydroxyl groups excluding tert-OH is 1. The van der Waals surface area contributed by atoms with Crippen LogP contribution in [0.1, 0.15) is 37.3 Å². The van der Waals surface area contributed by atoms with Gasteiger partial charge in [0.15, 0.2) is 0 Å². The van der Waals surface area contributed by atoms with Crippen LogP contribution in [0.15, 0.2) is 24.3 Å². The average molecular weight is 247 g/mol. The number of amides is 1. The Morgan fingerprint density at radius 2 is 2.17 bits per heavy atom. The van der Waals surface area contributed by atoms with Gasteiger partial charge in [-0.3, -0.25) is 4.79 Å². The SMILES string of the molecule is CC(O)CCC(=O)NC1CCc2ccccc2C1. The molecule has 1 aliphatic carbocycles. The maximum atomic E-state index is 11.7. The van der Waals surface area contributed by atoms with E-state index in [0.29, 0.717) is 12.8 Å². The second kappa shape index (κ2) is 6.01. The zero-order valence-electron chi connectivity index (χ0n) is 10.9. The van der Waals surface area contributed by atoms with Crippen LogP contribution in [0.4, 0.5) is 0 Å². The largest absolute Gasteiger partial charge is 0.393 e. The fourth-order valence-corrected chi connectivity index (χ4v) is 2.46. The summed E-state index contributed by atoms with van der Waals surface area (Å²) >= 11 is 0. The molecule has 0 saturated carbocycles. The van der Waals surface area contributed by atoms with Crippen molar-refractivity contribution >= 4 is 5.91 Å². The summed E-state index contributed by atoms with van der Waals surface area (Å²) in [6, 6.07) is 8.68. The fourth-order valence-electron chi connectivity index (χ4n) is 2.46. The van der Waals surface area contributed by atoms with E-state index in [4.69, 9.17) is 5.11 Å². The van der Waals surface area contributed by atoms with Crippen LogP contribution in [0.3, 0.4) is 0 Å². The molecule has 1 amide bonds. The van der Waals surface area contributed by atoms with Gasteiger partial charge in [-0.2, -0.15) is 0 Å². The van der Waals surface area contributed by atoms with E-state index in [1.165, 1.54) is 11.1 Å². The van der Waals surface area contributed by atoms with Gasteiger partial charge in [0.1, 0.15) is 0 Å². The number of rotatable bonds is 4. The number of carbonyl (C=O) groups is 1. The molecule has 3 nitrogen and oxygen atoms in total. The zero-order chi connectivity index (χ0) is 13.0. The molecule has 2 atom stereocenters. The first kappa shape index (κ1) is 13.1. The first-order chi connectivity index (χ1) is 8.65. The third kappa shape index (κ3) is 3.57. The van der Waals surface area contributed by atoms with E-state index in [9.17, 15) is 4.79 Å². The van der Waals surface area contributed by atoms with Crippen molar-refractivity contribution in [2.75, 3.05) is 0 Å². The van der Waals surface area contributed by atoms with Crippen LogP contribution in [0.5, 0.6) is 0 Å². The van der Waals surface area contributed by atoms with E-state index in [1.54, 1.807) is 6.92 Å². The molecule has 18 heavy (non-hydrogen) atoms. The van der Waals surface area contributed by atoms with Gasteiger partial charge in [-0.25, -0.2) is 0 Å². The summed E-state index contributed by atoms with van der Waals surface area (Å²) in [5, 5.41) is 12.2. The Bertz CT molecular complexity index is 415. The molecule has 0 heterocycles. The molecular weight excluding hydrogens is 226 g/mol. The zero-order valence-corrected chi connectivity index (χ0v) is 10.9. The van der Waals surface area contributed by atoms with Crippen molar-refractivity contribution in [3.63, 3.8) is 0 Å². The Balaban J connectivity index is 1.84. The van der Waals surface area contributed by atoms with Gasteiger partial charge in [-0.05, 0) is 43.7 Å². The topological polar surface area (TPSA) is 49.3 Å². The maximum Gasteiger partial charge on any atom is 0.220 e. The Morgan fingerprint density at radius 3 is 2.89 bits per heavy atom. The van der Waals surface area contributed by atoms with E-state index >= 15 is 0 Å². The summed E-state index contributed by atoms with van der Waals surface area (Å²) in [7, 11) is 0. The van der Waals surface area contributed by atoms with Crippen LogP contribution < -0.4 is 5.32 Å². The first-order valence-electron chi connectivity index (χ1n) is 6.69. The molecule has 2 rings (SSSR count). The Kier molecular flexibility index (Phi) is 4.37. The van der Waals surface area contributed by atoms with Gasteiger partial charge < -0.3 is 10.4 Å². The molecular formula is C15H21NO2. The number of hydrogen-bond donors (Lipinski definition) is 2. The van der Waals surface area contributed by atoms with Gasteiger partial charge >= 0.3 is 0 Å². The number of benzene rings is 1. The molecule has 0 spiro atoms. The molecule has 0 bridgehead atoms. The summed E-state index contributed by atoms with van der Waals surface area (Å²) in [5.74, 6) is 0.0558. The van der Waals surface area contributed by atoms with E-state index < -0.39 is 6.10 Å². The van der Waals surface area contributed by atoms with Gasteiger partial charge in [-0.1, -0.05) is 24.3 Å². The van der Waals surface area contributed by atoms with Crippen molar-refractivity contribution in [1.29, 1.82) is 0 Å². The summed E-state index contributed by atoms with van der Waals surface area (Å²) < 4.78 is 0. The summed E-state index contributed by atoms with van der Waals surface area (Å²) in [6.07, 6.45) is 3.53. The highest BCUT2D eigenvalue weighted by atomic mass is 16.3. The Hall–Kier alpha value is -1.35. The molecule has 3 heteroatoms. The second-order valence-electron chi connectivity index (χ2n) is 5.16. The van der Waals surface area contributed by atoms with Crippen molar-refractivity contribution in [2.45, 2.75) is 51.2 Å². The number of carbonyl (C=O) groups excluding carboxylic acids is 1. The molecule has 1 aromatic carbocycles. The second-order valence-corrected chi connectivity index (χ2v) is 5.16. The van der Waals surface area contributed by atoms with E-state index in [2.05, 4.69) is 29.6 Å². The van der Waals surface area contributed by atoms with Gasteiger partial charge in [0.25, 0.3) is 0 Å². The van der Waals surface area contributed by atoms with Crippen molar-refractivity contribution in [1.82, 2.24) is 5.32 Å². The van der Waals surface area contributed by atoms with Crippen LogP contribution in [-0.4, -0.2) is 23.2 Å². The molecule has 0 fully saturated rings. The quantitative estimate of drug-likeness (QED) is 0.852. The molecule has 98 valence electrons. The highest BCUT2D eigenvalue weighted by molar-refractivity contribution is 5.76. The summed E-state index contributed by atoms with van der Waals surface area (Å²) in [5.41, 5.74) is 2.76. The monoisotopic (exact) mass is 247 g/mol. The van der Waals surface area contributed by atoms with Gasteiger partial charge in [0.05, 0.1) is 6.10 Å². The average Bonchev–Trinajstić information content (AvgIpc) is 2.36. The van der Waals surface area contributed by atoms with Crippen LogP contribution in [-0.2, 0) is 17.6 Å². The van der Waals surface area contributed by atoms with Gasteiger partial charge in [0.2, 0.25) is 5.91 Å². The van der Waals surface area contributed by atoms with E-state index in [1.807, 2.05) is 0 Å². The van der Waals surface area contributed by atoms with Crippen LogP contribution in [0, 0.1) is 0 Å². The summed E-state index contributed by atoms with van der Waals surface area (Å²) in [4.78, 5) is 11.7. The summed E-state index contributed by atoms with van der Waals surface area (Å²) in [6.45, 7) is 1.71. The van der Waals surface area contributed by atoms with Gasteiger partial charge in [0, 0.05) is 12.5 Å². The Labute approximate surface area is 108 Å². The lowest BCUT2D eigenvalue weighted by Gasteiger charge is -2.25. The normalized spacial score (nSPS) is 20.0. The number of hydrogen-bond acceptors (Lipinski definition) is 2. The third-order valence-electron chi connectivity index (χ3n) is 3.50. The number of nitrogens with one attached hydrogen (secondary N) is 1. The smallest absolute Gasteiger partial charge is 0.220 e.